The van der Waals surface area contributed by atoms with Gasteiger partial charge in [-0.1, -0.05) is 35.9 Å². The fourth-order valence-corrected chi connectivity index (χ4v) is 3.78. The van der Waals surface area contributed by atoms with Crippen molar-refractivity contribution in [3.05, 3.63) is 35.7 Å². The number of thioether (sulfide) groups is 1. The first-order valence-corrected chi connectivity index (χ1v) is 8.45. The monoisotopic (exact) mass is 316 g/mol. The van der Waals surface area contributed by atoms with Crippen molar-refractivity contribution in [2.75, 3.05) is 6.54 Å². The van der Waals surface area contributed by atoms with Crippen LogP contribution in [0.25, 0.3) is 5.69 Å². The molecule has 2 heterocycles. The van der Waals surface area contributed by atoms with Crippen molar-refractivity contribution in [3.8, 4) is 5.69 Å². The van der Waals surface area contributed by atoms with E-state index in [0.717, 1.165) is 36.7 Å². The quantitative estimate of drug-likeness (QED) is 0.946. The smallest absolute Gasteiger partial charge is 0.233 e. The van der Waals surface area contributed by atoms with Gasteiger partial charge in [0.05, 0.1) is 10.9 Å². The van der Waals surface area contributed by atoms with Crippen molar-refractivity contribution in [2.45, 2.75) is 43.5 Å². The summed E-state index contributed by atoms with van der Waals surface area (Å²) in [5, 5.41) is 11.9. The van der Waals surface area contributed by atoms with Crippen molar-refractivity contribution in [1.29, 1.82) is 0 Å². The van der Waals surface area contributed by atoms with Gasteiger partial charge in [-0.2, -0.15) is 0 Å². The highest BCUT2D eigenvalue weighted by molar-refractivity contribution is 8.00. The largest absolute Gasteiger partial charge is 0.355 e. The SMILES string of the molecule is Cc1ccc(-n2cnnc2SC2CCCCNC2=O)c(C)c1. The highest BCUT2D eigenvalue weighted by atomic mass is 32.2. The molecule has 1 aromatic carbocycles. The van der Waals surface area contributed by atoms with Gasteiger partial charge in [-0.15, -0.1) is 10.2 Å². The van der Waals surface area contributed by atoms with Crippen LogP contribution in [-0.4, -0.2) is 32.5 Å². The Kier molecular flexibility index (Phi) is 4.47. The molecule has 6 heteroatoms. The number of carbonyl (C=O) groups is 1. The molecule has 5 nitrogen and oxygen atoms in total. The van der Waals surface area contributed by atoms with Crippen LogP contribution >= 0.6 is 11.8 Å². The first-order valence-electron chi connectivity index (χ1n) is 7.57. The van der Waals surface area contributed by atoms with Crippen LogP contribution in [0.1, 0.15) is 30.4 Å². The Bertz CT molecular complexity index is 683. The van der Waals surface area contributed by atoms with Crippen molar-refractivity contribution in [1.82, 2.24) is 20.1 Å². The van der Waals surface area contributed by atoms with E-state index in [1.807, 2.05) is 4.57 Å². The van der Waals surface area contributed by atoms with Gasteiger partial charge in [0.25, 0.3) is 0 Å². The first-order chi connectivity index (χ1) is 10.6. The number of aryl methyl sites for hydroxylation is 2. The molecule has 0 bridgehead atoms. The summed E-state index contributed by atoms with van der Waals surface area (Å²) in [5.41, 5.74) is 3.46. The minimum absolute atomic E-state index is 0.0868. The van der Waals surface area contributed by atoms with E-state index >= 15 is 0 Å². The molecule has 1 aliphatic rings. The molecule has 1 atom stereocenters. The third-order valence-corrected chi connectivity index (χ3v) is 5.08. The molecule has 1 unspecified atom stereocenters. The zero-order chi connectivity index (χ0) is 15.5. The Morgan fingerprint density at radius 2 is 2.18 bits per heavy atom. The number of hydrogen-bond donors (Lipinski definition) is 1. The number of nitrogens with one attached hydrogen (secondary N) is 1. The summed E-state index contributed by atoms with van der Waals surface area (Å²) in [6.45, 7) is 4.93. The molecule has 0 aliphatic carbocycles. The van der Waals surface area contributed by atoms with Gasteiger partial charge in [0, 0.05) is 6.54 Å². The van der Waals surface area contributed by atoms with Gasteiger partial charge in [0.15, 0.2) is 5.16 Å². The van der Waals surface area contributed by atoms with Crippen molar-refractivity contribution in [3.63, 3.8) is 0 Å². The summed E-state index contributed by atoms with van der Waals surface area (Å²) >= 11 is 1.50. The van der Waals surface area contributed by atoms with Crippen molar-refractivity contribution in [2.24, 2.45) is 0 Å². The highest BCUT2D eigenvalue weighted by Gasteiger charge is 2.24. The number of aromatic nitrogens is 3. The fourth-order valence-electron chi connectivity index (χ4n) is 2.70. The Morgan fingerprint density at radius 1 is 1.32 bits per heavy atom. The lowest BCUT2D eigenvalue weighted by Gasteiger charge is -2.14. The zero-order valence-corrected chi connectivity index (χ0v) is 13.7. The normalized spacial score (nSPS) is 18.8. The average Bonchev–Trinajstić information content (AvgIpc) is 2.83. The molecule has 116 valence electrons. The van der Waals surface area contributed by atoms with Crippen LogP contribution in [0.4, 0.5) is 0 Å². The van der Waals surface area contributed by atoms with Gasteiger partial charge in [0.1, 0.15) is 6.33 Å². The molecular formula is C16H20N4OS. The Balaban J connectivity index is 1.87. The van der Waals surface area contributed by atoms with Crippen LogP contribution in [0.5, 0.6) is 0 Å². The molecule has 3 rings (SSSR count). The lowest BCUT2D eigenvalue weighted by molar-refractivity contribution is -0.120. The van der Waals surface area contributed by atoms with Crippen LogP contribution in [0.3, 0.4) is 0 Å². The number of benzene rings is 1. The number of amides is 1. The van der Waals surface area contributed by atoms with E-state index in [1.165, 1.54) is 22.9 Å². The third-order valence-electron chi connectivity index (χ3n) is 3.86. The zero-order valence-electron chi connectivity index (χ0n) is 12.9. The molecule has 0 radical (unpaired) electrons. The lowest BCUT2D eigenvalue weighted by atomic mass is 10.1. The molecule has 0 spiro atoms. The fraction of sp³-hybridized carbons (Fsp3) is 0.438. The second-order valence-electron chi connectivity index (χ2n) is 5.67. The summed E-state index contributed by atoms with van der Waals surface area (Å²) in [6.07, 6.45) is 4.71. The van der Waals surface area contributed by atoms with Crippen LogP contribution in [0, 0.1) is 13.8 Å². The first kappa shape index (κ1) is 15.1. The maximum atomic E-state index is 12.1. The summed E-state index contributed by atoms with van der Waals surface area (Å²) in [6, 6.07) is 6.29. The topological polar surface area (TPSA) is 59.8 Å². The molecule has 1 aromatic heterocycles. The molecular weight excluding hydrogens is 296 g/mol. The molecule has 0 saturated carbocycles. The third kappa shape index (κ3) is 3.16. The second kappa shape index (κ2) is 6.52. The summed E-state index contributed by atoms with van der Waals surface area (Å²) in [5.74, 6) is 0.109. The Morgan fingerprint density at radius 3 is 3.00 bits per heavy atom. The van der Waals surface area contributed by atoms with Gasteiger partial charge in [-0.25, -0.2) is 0 Å². The van der Waals surface area contributed by atoms with E-state index < -0.39 is 0 Å². The van der Waals surface area contributed by atoms with E-state index in [-0.39, 0.29) is 11.2 Å². The van der Waals surface area contributed by atoms with Gasteiger partial charge in [-0.05, 0) is 38.3 Å². The highest BCUT2D eigenvalue weighted by Crippen LogP contribution is 2.29. The number of nitrogens with zero attached hydrogens (tertiary/aromatic N) is 3. The Hall–Kier alpha value is -1.82. The predicted molar refractivity (Wildman–Crippen MR) is 87.3 cm³/mol. The molecule has 22 heavy (non-hydrogen) atoms. The minimum atomic E-state index is -0.0868. The van der Waals surface area contributed by atoms with Crippen LogP contribution in [-0.2, 0) is 4.79 Å². The molecule has 1 saturated heterocycles. The van der Waals surface area contributed by atoms with Gasteiger partial charge in [0.2, 0.25) is 5.91 Å². The molecule has 1 amide bonds. The van der Waals surface area contributed by atoms with E-state index in [1.54, 1.807) is 6.33 Å². The van der Waals surface area contributed by atoms with Crippen molar-refractivity contribution < 1.29 is 4.79 Å². The van der Waals surface area contributed by atoms with Crippen LogP contribution < -0.4 is 5.32 Å². The van der Waals surface area contributed by atoms with Gasteiger partial charge in [-0.3, -0.25) is 9.36 Å². The summed E-state index contributed by atoms with van der Waals surface area (Å²) in [4.78, 5) is 12.1. The molecule has 1 aliphatic heterocycles. The molecule has 1 fully saturated rings. The maximum Gasteiger partial charge on any atom is 0.233 e. The Labute approximate surface area is 134 Å². The standard InChI is InChI=1S/C16H20N4OS/c1-11-6-7-13(12(2)9-11)20-10-18-19-16(20)22-14-5-3-4-8-17-15(14)21/h6-7,9-10,14H,3-5,8H2,1-2H3,(H,17,21). The predicted octanol–water partition coefficient (Wildman–Crippen LogP) is 2.64. The van der Waals surface area contributed by atoms with Gasteiger partial charge >= 0.3 is 0 Å². The molecule has 1 N–H and O–H groups in total. The van der Waals surface area contributed by atoms with E-state index in [4.69, 9.17) is 0 Å². The summed E-state index contributed by atoms with van der Waals surface area (Å²) in [7, 11) is 0. The second-order valence-corrected chi connectivity index (χ2v) is 6.84. The van der Waals surface area contributed by atoms with Crippen LogP contribution in [0.2, 0.25) is 0 Å². The summed E-state index contributed by atoms with van der Waals surface area (Å²) < 4.78 is 1.97. The van der Waals surface area contributed by atoms with Crippen molar-refractivity contribution >= 4 is 17.7 Å². The van der Waals surface area contributed by atoms with Gasteiger partial charge < -0.3 is 5.32 Å². The van der Waals surface area contributed by atoms with E-state index in [0.29, 0.717) is 0 Å². The maximum absolute atomic E-state index is 12.1. The van der Waals surface area contributed by atoms with E-state index in [9.17, 15) is 4.79 Å². The number of hydrogen-bond acceptors (Lipinski definition) is 4. The minimum Gasteiger partial charge on any atom is -0.355 e. The average molecular weight is 316 g/mol. The number of rotatable bonds is 3. The van der Waals surface area contributed by atoms with Crippen LogP contribution in [0.15, 0.2) is 29.7 Å². The van der Waals surface area contributed by atoms with E-state index in [2.05, 4.69) is 47.6 Å². The number of carbonyl (C=O) groups excluding carboxylic acids is 1. The molecule has 2 aromatic rings. The lowest BCUT2D eigenvalue weighted by Crippen LogP contribution is -2.30.